The number of hydrogen-bond donors (Lipinski definition) is 1. The fourth-order valence-corrected chi connectivity index (χ4v) is 3.33. The highest BCUT2D eigenvalue weighted by Crippen LogP contribution is 2.34. The molecule has 0 radical (unpaired) electrons. The predicted molar refractivity (Wildman–Crippen MR) is 92.8 cm³/mol. The summed E-state index contributed by atoms with van der Waals surface area (Å²) >= 11 is 0. The molecule has 1 amide bonds. The predicted octanol–water partition coefficient (Wildman–Crippen LogP) is 3.20. The summed E-state index contributed by atoms with van der Waals surface area (Å²) in [4.78, 5) is 14.7. The molecular formula is C19H20N2O3. The van der Waals surface area contributed by atoms with Gasteiger partial charge in [0.2, 0.25) is 12.7 Å². The summed E-state index contributed by atoms with van der Waals surface area (Å²) < 4.78 is 10.6. The van der Waals surface area contributed by atoms with Crippen molar-refractivity contribution in [3.05, 3.63) is 48.0 Å². The van der Waals surface area contributed by atoms with E-state index < -0.39 is 0 Å². The first-order valence-corrected chi connectivity index (χ1v) is 8.25. The third-order valence-electron chi connectivity index (χ3n) is 4.63. The summed E-state index contributed by atoms with van der Waals surface area (Å²) in [5.74, 6) is 1.36. The molecule has 5 heteroatoms. The molecule has 0 bridgehead atoms. The molecule has 2 heterocycles. The Morgan fingerprint density at radius 2 is 2.04 bits per heavy atom. The van der Waals surface area contributed by atoms with Crippen LogP contribution in [-0.4, -0.2) is 25.3 Å². The zero-order valence-electron chi connectivity index (χ0n) is 13.6. The molecule has 2 aliphatic rings. The van der Waals surface area contributed by atoms with Gasteiger partial charge in [0.25, 0.3) is 0 Å². The van der Waals surface area contributed by atoms with Crippen LogP contribution in [0.5, 0.6) is 11.5 Å². The van der Waals surface area contributed by atoms with Crippen LogP contribution in [0.3, 0.4) is 0 Å². The summed E-state index contributed by atoms with van der Waals surface area (Å²) in [5, 5.41) is 2.95. The quantitative estimate of drug-likeness (QED) is 0.942. The summed E-state index contributed by atoms with van der Waals surface area (Å²) in [6.45, 7) is 2.74. The van der Waals surface area contributed by atoms with Gasteiger partial charge < -0.3 is 19.7 Å². The van der Waals surface area contributed by atoms with Gasteiger partial charge in [0.1, 0.15) is 0 Å². The monoisotopic (exact) mass is 324 g/mol. The third-order valence-corrected chi connectivity index (χ3v) is 4.63. The van der Waals surface area contributed by atoms with Crippen molar-refractivity contribution in [3.63, 3.8) is 0 Å². The molecule has 0 aromatic heterocycles. The molecule has 2 aromatic rings. The number of para-hydroxylation sites is 1. The number of aryl methyl sites for hydroxylation is 1. The van der Waals surface area contributed by atoms with Crippen molar-refractivity contribution in [1.29, 1.82) is 0 Å². The minimum atomic E-state index is -0.0302. The van der Waals surface area contributed by atoms with Crippen LogP contribution in [-0.2, 0) is 11.2 Å². The van der Waals surface area contributed by atoms with E-state index in [1.807, 2.05) is 18.2 Å². The van der Waals surface area contributed by atoms with Crippen LogP contribution < -0.4 is 19.7 Å². The zero-order valence-corrected chi connectivity index (χ0v) is 13.6. The van der Waals surface area contributed by atoms with Crippen molar-refractivity contribution in [2.24, 2.45) is 0 Å². The molecule has 1 N–H and O–H groups in total. The topological polar surface area (TPSA) is 50.8 Å². The number of anilines is 2. The normalized spacial score (nSPS) is 18.2. The largest absolute Gasteiger partial charge is 0.454 e. The Kier molecular flexibility index (Phi) is 3.76. The number of amides is 1. The molecule has 0 aliphatic carbocycles. The number of nitrogens with one attached hydrogen (secondary N) is 1. The number of benzene rings is 2. The van der Waals surface area contributed by atoms with Gasteiger partial charge in [-0.05, 0) is 43.5 Å². The fraction of sp³-hybridized carbons (Fsp3) is 0.316. The Bertz CT molecular complexity index is 775. The number of carbonyl (C=O) groups excluding carboxylic acids is 1. The molecule has 24 heavy (non-hydrogen) atoms. The Morgan fingerprint density at radius 1 is 1.21 bits per heavy atom. The Morgan fingerprint density at radius 3 is 2.96 bits per heavy atom. The van der Waals surface area contributed by atoms with Crippen molar-refractivity contribution in [3.8, 4) is 11.5 Å². The Balaban J connectivity index is 1.48. The first kappa shape index (κ1) is 14.9. The minimum absolute atomic E-state index is 0.0302. The molecule has 0 fully saturated rings. The van der Waals surface area contributed by atoms with Crippen LogP contribution in [0.1, 0.15) is 18.9 Å². The molecule has 0 spiro atoms. The van der Waals surface area contributed by atoms with E-state index in [1.165, 1.54) is 5.56 Å². The second-order valence-corrected chi connectivity index (χ2v) is 6.26. The first-order valence-electron chi connectivity index (χ1n) is 8.25. The number of fused-ring (bicyclic) bond motifs is 2. The van der Waals surface area contributed by atoms with Gasteiger partial charge in [0, 0.05) is 23.5 Å². The van der Waals surface area contributed by atoms with Crippen LogP contribution in [0.4, 0.5) is 11.4 Å². The third kappa shape index (κ3) is 2.77. The van der Waals surface area contributed by atoms with Gasteiger partial charge >= 0.3 is 0 Å². The number of ether oxygens (including phenoxy) is 2. The molecule has 124 valence electrons. The van der Waals surface area contributed by atoms with E-state index in [4.69, 9.17) is 9.47 Å². The smallest absolute Gasteiger partial charge is 0.243 e. The van der Waals surface area contributed by atoms with Gasteiger partial charge in [-0.1, -0.05) is 18.2 Å². The summed E-state index contributed by atoms with van der Waals surface area (Å²) in [6.07, 6.45) is 2.13. The molecule has 0 saturated carbocycles. The lowest BCUT2D eigenvalue weighted by Crippen LogP contribution is -2.42. The standard InChI is InChI=1S/C19H20N2O3/c1-13-6-7-14-4-2-3-5-16(14)21(13)11-19(22)20-15-8-9-17-18(10-15)24-12-23-17/h2-5,8-10,13H,6-7,11-12H2,1H3,(H,20,22)/t13-/m0/s1. The van der Waals surface area contributed by atoms with Gasteiger partial charge in [-0.25, -0.2) is 0 Å². The molecule has 0 saturated heterocycles. The van der Waals surface area contributed by atoms with Crippen LogP contribution in [0.15, 0.2) is 42.5 Å². The second kappa shape index (κ2) is 6.07. The lowest BCUT2D eigenvalue weighted by atomic mass is 9.96. The zero-order chi connectivity index (χ0) is 16.5. The average Bonchev–Trinajstić information content (AvgIpc) is 3.05. The van der Waals surface area contributed by atoms with Crippen LogP contribution >= 0.6 is 0 Å². The number of rotatable bonds is 3. The van der Waals surface area contributed by atoms with Gasteiger partial charge in [-0.2, -0.15) is 0 Å². The highest BCUT2D eigenvalue weighted by atomic mass is 16.7. The molecule has 4 rings (SSSR count). The van der Waals surface area contributed by atoms with Crippen molar-refractivity contribution < 1.29 is 14.3 Å². The number of carbonyl (C=O) groups is 1. The van der Waals surface area contributed by atoms with Crippen molar-refractivity contribution >= 4 is 17.3 Å². The Hall–Kier alpha value is -2.69. The van der Waals surface area contributed by atoms with E-state index >= 15 is 0 Å². The van der Waals surface area contributed by atoms with Crippen LogP contribution in [0, 0.1) is 0 Å². The number of nitrogens with zero attached hydrogens (tertiary/aromatic N) is 1. The lowest BCUT2D eigenvalue weighted by Gasteiger charge is -2.36. The van der Waals surface area contributed by atoms with Gasteiger partial charge in [-0.3, -0.25) is 4.79 Å². The SMILES string of the molecule is C[C@H]1CCc2ccccc2N1CC(=O)Nc1ccc2c(c1)OCO2. The Labute approximate surface area is 141 Å². The molecule has 2 aromatic carbocycles. The highest BCUT2D eigenvalue weighted by Gasteiger charge is 2.24. The lowest BCUT2D eigenvalue weighted by molar-refractivity contribution is -0.115. The van der Waals surface area contributed by atoms with Crippen LogP contribution in [0.25, 0.3) is 0 Å². The average molecular weight is 324 g/mol. The first-order chi connectivity index (χ1) is 11.7. The maximum absolute atomic E-state index is 12.5. The van der Waals surface area contributed by atoms with Gasteiger partial charge in [0.15, 0.2) is 11.5 Å². The van der Waals surface area contributed by atoms with E-state index in [1.54, 1.807) is 6.07 Å². The van der Waals surface area contributed by atoms with Crippen LogP contribution in [0.2, 0.25) is 0 Å². The van der Waals surface area contributed by atoms with E-state index in [9.17, 15) is 4.79 Å². The summed E-state index contributed by atoms with van der Waals surface area (Å²) in [6, 6.07) is 14.1. The van der Waals surface area contributed by atoms with E-state index in [2.05, 4.69) is 35.3 Å². The molecule has 2 aliphatic heterocycles. The summed E-state index contributed by atoms with van der Waals surface area (Å²) in [7, 11) is 0. The fourth-order valence-electron chi connectivity index (χ4n) is 3.33. The minimum Gasteiger partial charge on any atom is -0.454 e. The van der Waals surface area contributed by atoms with Gasteiger partial charge in [-0.15, -0.1) is 0 Å². The maximum Gasteiger partial charge on any atom is 0.243 e. The molecule has 1 atom stereocenters. The molecule has 0 unspecified atom stereocenters. The second-order valence-electron chi connectivity index (χ2n) is 6.26. The van der Waals surface area contributed by atoms with E-state index in [0.717, 1.165) is 24.2 Å². The summed E-state index contributed by atoms with van der Waals surface area (Å²) in [5.41, 5.74) is 3.20. The van der Waals surface area contributed by atoms with E-state index in [-0.39, 0.29) is 12.7 Å². The molecule has 5 nitrogen and oxygen atoms in total. The van der Waals surface area contributed by atoms with E-state index in [0.29, 0.717) is 24.1 Å². The number of hydrogen-bond acceptors (Lipinski definition) is 4. The maximum atomic E-state index is 12.5. The molecular weight excluding hydrogens is 304 g/mol. The van der Waals surface area contributed by atoms with Crippen molar-refractivity contribution in [2.75, 3.05) is 23.6 Å². The van der Waals surface area contributed by atoms with Crippen molar-refractivity contribution in [2.45, 2.75) is 25.8 Å². The highest BCUT2D eigenvalue weighted by molar-refractivity contribution is 5.94. The van der Waals surface area contributed by atoms with Crippen molar-refractivity contribution in [1.82, 2.24) is 0 Å². The van der Waals surface area contributed by atoms with Gasteiger partial charge in [0.05, 0.1) is 6.54 Å².